The SMILES string of the molecule is COc1ccc(-n2cnnc2-c2nc[nH]c2C)cc1. The van der Waals surface area contributed by atoms with Crippen LogP contribution < -0.4 is 4.74 Å². The van der Waals surface area contributed by atoms with Crippen molar-refractivity contribution in [3.8, 4) is 23.0 Å². The summed E-state index contributed by atoms with van der Waals surface area (Å²) in [6.45, 7) is 1.95. The Morgan fingerprint density at radius 1 is 1.21 bits per heavy atom. The van der Waals surface area contributed by atoms with E-state index in [0.29, 0.717) is 5.82 Å². The molecule has 0 unspecified atom stereocenters. The van der Waals surface area contributed by atoms with Gasteiger partial charge in [0.05, 0.1) is 13.4 Å². The van der Waals surface area contributed by atoms with E-state index in [1.165, 1.54) is 0 Å². The van der Waals surface area contributed by atoms with Crippen LogP contribution >= 0.6 is 0 Å². The average molecular weight is 255 g/mol. The van der Waals surface area contributed by atoms with Crippen LogP contribution in [0.1, 0.15) is 5.69 Å². The molecule has 0 amide bonds. The molecule has 0 spiro atoms. The first-order valence-corrected chi connectivity index (χ1v) is 5.84. The van der Waals surface area contributed by atoms with Gasteiger partial charge in [0.2, 0.25) is 0 Å². The number of aromatic nitrogens is 5. The van der Waals surface area contributed by atoms with Gasteiger partial charge in [-0.1, -0.05) is 0 Å². The highest BCUT2D eigenvalue weighted by atomic mass is 16.5. The molecule has 96 valence electrons. The van der Waals surface area contributed by atoms with Gasteiger partial charge in [0.15, 0.2) is 5.82 Å². The molecular weight excluding hydrogens is 242 g/mol. The predicted octanol–water partition coefficient (Wildman–Crippen LogP) is 1.97. The van der Waals surface area contributed by atoms with Gasteiger partial charge in [0.25, 0.3) is 0 Å². The minimum atomic E-state index is 0.712. The van der Waals surface area contributed by atoms with Crippen LogP contribution in [-0.4, -0.2) is 31.8 Å². The number of aromatic amines is 1. The van der Waals surface area contributed by atoms with Crippen molar-refractivity contribution in [1.29, 1.82) is 0 Å². The molecule has 3 aromatic rings. The van der Waals surface area contributed by atoms with E-state index in [-0.39, 0.29) is 0 Å². The number of imidazole rings is 1. The van der Waals surface area contributed by atoms with E-state index in [2.05, 4.69) is 20.2 Å². The van der Waals surface area contributed by atoms with Crippen LogP contribution in [0.25, 0.3) is 17.2 Å². The number of hydrogen-bond acceptors (Lipinski definition) is 4. The number of methoxy groups -OCH3 is 1. The quantitative estimate of drug-likeness (QED) is 0.777. The summed E-state index contributed by atoms with van der Waals surface area (Å²) in [6.07, 6.45) is 3.32. The third-order valence-corrected chi connectivity index (χ3v) is 2.94. The molecule has 0 atom stereocenters. The average Bonchev–Trinajstić information content (AvgIpc) is 3.07. The normalized spacial score (nSPS) is 10.6. The molecule has 0 radical (unpaired) electrons. The number of benzene rings is 1. The van der Waals surface area contributed by atoms with Crippen molar-refractivity contribution in [2.24, 2.45) is 0 Å². The fourth-order valence-corrected chi connectivity index (χ4v) is 1.91. The molecular formula is C13H13N5O. The fourth-order valence-electron chi connectivity index (χ4n) is 1.91. The molecule has 0 saturated heterocycles. The number of hydrogen-bond donors (Lipinski definition) is 1. The Kier molecular flexibility index (Phi) is 2.75. The highest BCUT2D eigenvalue weighted by molar-refractivity contribution is 5.56. The van der Waals surface area contributed by atoms with Gasteiger partial charge in [-0.25, -0.2) is 4.98 Å². The first-order chi connectivity index (χ1) is 9.29. The molecule has 0 aliphatic rings. The fraction of sp³-hybridized carbons (Fsp3) is 0.154. The Balaban J connectivity index is 2.06. The highest BCUT2D eigenvalue weighted by Crippen LogP contribution is 2.22. The molecule has 0 aliphatic heterocycles. The van der Waals surface area contributed by atoms with Crippen molar-refractivity contribution in [1.82, 2.24) is 24.7 Å². The summed E-state index contributed by atoms with van der Waals surface area (Å²) in [7, 11) is 1.65. The maximum atomic E-state index is 5.15. The smallest absolute Gasteiger partial charge is 0.188 e. The monoisotopic (exact) mass is 255 g/mol. The van der Waals surface area contributed by atoms with Crippen molar-refractivity contribution in [3.63, 3.8) is 0 Å². The third kappa shape index (κ3) is 1.97. The van der Waals surface area contributed by atoms with Crippen LogP contribution in [0.3, 0.4) is 0 Å². The largest absolute Gasteiger partial charge is 0.497 e. The van der Waals surface area contributed by atoms with Crippen molar-refractivity contribution in [2.45, 2.75) is 6.92 Å². The van der Waals surface area contributed by atoms with Crippen molar-refractivity contribution < 1.29 is 4.74 Å². The number of nitrogens with one attached hydrogen (secondary N) is 1. The van der Waals surface area contributed by atoms with Crippen molar-refractivity contribution in [3.05, 3.63) is 42.6 Å². The number of H-pyrrole nitrogens is 1. The van der Waals surface area contributed by atoms with Gasteiger partial charge in [-0.3, -0.25) is 4.57 Å². The Morgan fingerprint density at radius 3 is 2.63 bits per heavy atom. The Bertz CT molecular complexity index is 683. The molecule has 19 heavy (non-hydrogen) atoms. The Labute approximate surface area is 110 Å². The summed E-state index contributed by atoms with van der Waals surface area (Å²) in [5, 5.41) is 8.10. The molecule has 6 nitrogen and oxygen atoms in total. The van der Waals surface area contributed by atoms with Crippen LogP contribution in [0.2, 0.25) is 0 Å². The molecule has 0 saturated carbocycles. The Morgan fingerprint density at radius 2 is 2.00 bits per heavy atom. The number of rotatable bonds is 3. The molecule has 2 heterocycles. The zero-order valence-electron chi connectivity index (χ0n) is 10.7. The molecule has 2 aromatic heterocycles. The maximum Gasteiger partial charge on any atom is 0.188 e. The molecule has 0 fully saturated rings. The molecule has 1 N–H and O–H groups in total. The minimum Gasteiger partial charge on any atom is -0.497 e. The first kappa shape index (κ1) is 11.5. The van der Waals surface area contributed by atoms with Gasteiger partial charge in [0.1, 0.15) is 17.8 Å². The van der Waals surface area contributed by atoms with E-state index in [1.807, 2.05) is 35.8 Å². The minimum absolute atomic E-state index is 0.712. The molecule has 1 aromatic carbocycles. The van der Waals surface area contributed by atoms with Gasteiger partial charge in [-0.05, 0) is 31.2 Å². The molecule has 6 heteroatoms. The second kappa shape index (κ2) is 4.56. The highest BCUT2D eigenvalue weighted by Gasteiger charge is 2.13. The van der Waals surface area contributed by atoms with Crippen LogP contribution in [0, 0.1) is 6.92 Å². The number of nitrogens with zero attached hydrogens (tertiary/aromatic N) is 4. The zero-order chi connectivity index (χ0) is 13.2. The second-order valence-corrected chi connectivity index (χ2v) is 4.10. The van der Waals surface area contributed by atoms with Gasteiger partial charge in [-0.15, -0.1) is 10.2 Å². The summed E-state index contributed by atoms with van der Waals surface area (Å²) < 4.78 is 7.04. The third-order valence-electron chi connectivity index (χ3n) is 2.94. The topological polar surface area (TPSA) is 68.6 Å². The van der Waals surface area contributed by atoms with Gasteiger partial charge in [0, 0.05) is 11.4 Å². The summed E-state index contributed by atoms with van der Waals surface area (Å²) in [5.41, 5.74) is 2.72. The van der Waals surface area contributed by atoms with Crippen LogP contribution in [-0.2, 0) is 0 Å². The van der Waals surface area contributed by atoms with Crippen molar-refractivity contribution >= 4 is 0 Å². The predicted molar refractivity (Wildman–Crippen MR) is 70.2 cm³/mol. The summed E-state index contributed by atoms with van der Waals surface area (Å²) in [5.74, 6) is 1.53. The van der Waals surface area contributed by atoms with Gasteiger partial charge < -0.3 is 9.72 Å². The van der Waals surface area contributed by atoms with Crippen LogP contribution in [0.4, 0.5) is 0 Å². The lowest BCUT2D eigenvalue weighted by molar-refractivity contribution is 0.415. The van der Waals surface area contributed by atoms with Crippen LogP contribution in [0.15, 0.2) is 36.9 Å². The number of aryl methyl sites for hydroxylation is 1. The maximum absolute atomic E-state index is 5.15. The van der Waals surface area contributed by atoms with E-state index in [1.54, 1.807) is 19.8 Å². The van der Waals surface area contributed by atoms with E-state index >= 15 is 0 Å². The lowest BCUT2D eigenvalue weighted by atomic mass is 10.2. The molecule has 3 rings (SSSR count). The van der Waals surface area contributed by atoms with Gasteiger partial charge >= 0.3 is 0 Å². The summed E-state index contributed by atoms with van der Waals surface area (Å²) >= 11 is 0. The van der Waals surface area contributed by atoms with Gasteiger partial charge in [-0.2, -0.15) is 0 Å². The number of ether oxygens (including phenoxy) is 1. The standard InChI is InChI=1S/C13H13N5O/c1-9-12(15-7-14-9)13-17-16-8-18(13)10-3-5-11(19-2)6-4-10/h3-8H,1-2H3,(H,14,15). The Hall–Kier alpha value is -2.63. The molecule has 0 aliphatic carbocycles. The summed E-state index contributed by atoms with van der Waals surface area (Å²) in [6, 6.07) is 7.70. The van der Waals surface area contributed by atoms with E-state index in [4.69, 9.17) is 4.74 Å². The summed E-state index contributed by atoms with van der Waals surface area (Å²) in [4.78, 5) is 7.32. The second-order valence-electron chi connectivity index (χ2n) is 4.10. The molecule has 0 bridgehead atoms. The first-order valence-electron chi connectivity index (χ1n) is 5.84. The zero-order valence-corrected chi connectivity index (χ0v) is 10.7. The lowest BCUT2D eigenvalue weighted by Gasteiger charge is -2.06. The van der Waals surface area contributed by atoms with E-state index < -0.39 is 0 Å². The van der Waals surface area contributed by atoms with Crippen molar-refractivity contribution in [2.75, 3.05) is 7.11 Å². The van der Waals surface area contributed by atoms with E-state index in [0.717, 1.165) is 22.8 Å². The van der Waals surface area contributed by atoms with E-state index in [9.17, 15) is 0 Å². The van der Waals surface area contributed by atoms with Crippen LogP contribution in [0.5, 0.6) is 5.75 Å². The lowest BCUT2D eigenvalue weighted by Crippen LogP contribution is -1.97.